The quantitative estimate of drug-likeness (QED) is 0.659. The Hall–Kier alpha value is -1.30. The van der Waals surface area contributed by atoms with E-state index in [1.165, 1.54) is 16.3 Å². The third kappa shape index (κ3) is 6.36. The smallest absolute Gasteiger partial charge is 0.390 e. The van der Waals surface area contributed by atoms with Crippen LogP contribution in [0.5, 0.6) is 0 Å². The minimum Gasteiger partial charge on any atom is -0.390 e. The Balaban J connectivity index is 0.000000391. The molecular formula is C21H28F3N3O2S2. The Labute approximate surface area is 189 Å². The molecule has 0 aliphatic carbocycles. The average molecular weight is 476 g/mol. The number of likely N-dealkylation sites (tertiary alicyclic amines) is 1. The first-order valence-corrected chi connectivity index (χ1v) is 11.7. The van der Waals surface area contributed by atoms with Gasteiger partial charge in [-0.3, -0.25) is 0 Å². The van der Waals surface area contributed by atoms with Gasteiger partial charge >= 0.3 is 6.18 Å². The molecule has 5 nitrogen and oxygen atoms in total. The molecule has 0 bridgehead atoms. The molecule has 0 radical (unpaired) electrons. The zero-order valence-electron chi connectivity index (χ0n) is 17.5. The molecular weight excluding hydrogens is 447 g/mol. The number of alkyl halides is 3. The minimum atomic E-state index is -4.70. The number of aliphatic hydroxyl groups excluding tert-OH is 1. The minimum absolute atomic E-state index is 0.0324. The SMILES string of the molecule is CC(O)(c1ccc(N2CCN(Sc3cccs3)CC2)cc1)C(F)(F)F.CN1CC(O)C1. The van der Waals surface area contributed by atoms with Gasteiger partial charge in [0.1, 0.15) is 0 Å². The summed E-state index contributed by atoms with van der Waals surface area (Å²) in [6, 6.07) is 10.1. The van der Waals surface area contributed by atoms with Crippen LogP contribution in [-0.4, -0.2) is 78.0 Å². The molecule has 0 amide bonds. The summed E-state index contributed by atoms with van der Waals surface area (Å²) < 4.78 is 42.3. The summed E-state index contributed by atoms with van der Waals surface area (Å²) in [5.74, 6) is 0. The van der Waals surface area contributed by atoms with E-state index in [9.17, 15) is 18.3 Å². The summed E-state index contributed by atoms with van der Waals surface area (Å²) in [5.41, 5.74) is -2.10. The molecule has 4 rings (SSSR count). The van der Waals surface area contributed by atoms with Crippen molar-refractivity contribution in [3.05, 3.63) is 47.3 Å². The number of hydrogen-bond donors (Lipinski definition) is 2. The lowest BCUT2D eigenvalue weighted by molar-refractivity contribution is -0.258. The topological polar surface area (TPSA) is 50.2 Å². The van der Waals surface area contributed by atoms with Crippen LogP contribution in [0.3, 0.4) is 0 Å². The van der Waals surface area contributed by atoms with E-state index in [-0.39, 0.29) is 11.7 Å². The summed E-state index contributed by atoms with van der Waals surface area (Å²) >= 11 is 3.46. The van der Waals surface area contributed by atoms with Crippen LogP contribution in [0.25, 0.3) is 0 Å². The van der Waals surface area contributed by atoms with Gasteiger partial charge < -0.3 is 20.0 Å². The Morgan fingerprint density at radius 3 is 2.06 bits per heavy atom. The molecule has 2 N–H and O–H groups in total. The van der Waals surface area contributed by atoms with Crippen LogP contribution in [0.15, 0.2) is 46.0 Å². The zero-order valence-corrected chi connectivity index (χ0v) is 19.2. The number of likely N-dealkylation sites (N-methyl/N-ethyl adjacent to an activating group) is 1. The second kappa shape index (κ2) is 10.1. The normalized spacial score (nSPS) is 20.5. The number of benzene rings is 1. The van der Waals surface area contributed by atoms with Crippen LogP contribution < -0.4 is 4.90 Å². The van der Waals surface area contributed by atoms with E-state index in [0.29, 0.717) is 0 Å². The number of nitrogens with zero attached hydrogens (tertiary/aromatic N) is 3. The van der Waals surface area contributed by atoms with Gasteiger partial charge in [0.15, 0.2) is 5.60 Å². The molecule has 31 heavy (non-hydrogen) atoms. The second-order valence-corrected chi connectivity index (χ2v) is 10.3. The first-order valence-electron chi connectivity index (χ1n) is 10.0. The van der Waals surface area contributed by atoms with E-state index in [1.807, 2.05) is 13.1 Å². The molecule has 2 aliphatic rings. The Morgan fingerprint density at radius 2 is 1.65 bits per heavy atom. The highest BCUT2D eigenvalue weighted by Gasteiger charge is 2.51. The molecule has 10 heteroatoms. The predicted octanol–water partition coefficient (Wildman–Crippen LogP) is 3.64. The van der Waals surface area contributed by atoms with Crippen LogP contribution in [-0.2, 0) is 5.60 Å². The van der Waals surface area contributed by atoms with Crippen molar-refractivity contribution in [1.82, 2.24) is 9.21 Å². The number of anilines is 1. The summed E-state index contributed by atoms with van der Waals surface area (Å²) in [7, 11) is 1.99. The molecule has 3 heterocycles. The second-order valence-electron chi connectivity index (χ2n) is 7.93. The van der Waals surface area contributed by atoms with Crippen molar-refractivity contribution in [2.24, 2.45) is 0 Å². The lowest BCUT2D eigenvalue weighted by atomic mass is 9.95. The lowest BCUT2D eigenvalue weighted by Crippen LogP contribution is -2.47. The monoisotopic (exact) mass is 475 g/mol. The fraction of sp³-hybridized carbons (Fsp3) is 0.524. The van der Waals surface area contributed by atoms with Crippen LogP contribution in [0.2, 0.25) is 0 Å². The maximum atomic E-state index is 12.9. The number of halogens is 3. The van der Waals surface area contributed by atoms with Gasteiger partial charge in [-0.2, -0.15) is 13.2 Å². The van der Waals surface area contributed by atoms with Crippen molar-refractivity contribution in [3.63, 3.8) is 0 Å². The van der Waals surface area contributed by atoms with Gasteiger partial charge in [0.05, 0.1) is 10.3 Å². The van der Waals surface area contributed by atoms with Crippen molar-refractivity contribution < 1.29 is 23.4 Å². The molecule has 1 aromatic carbocycles. The maximum absolute atomic E-state index is 12.9. The molecule has 2 saturated heterocycles. The molecule has 2 aliphatic heterocycles. The van der Waals surface area contributed by atoms with Gasteiger partial charge in [-0.05, 0) is 55.1 Å². The number of hydrogen-bond acceptors (Lipinski definition) is 7. The predicted molar refractivity (Wildman–Crippen MR) is 120 cm³/mol. The summed E-state index contributed by atoms with van der Waals surface area (Å²) in [6.07, 6.45) is -4.73. The standard InChI is InChI=1S/C17H19F3N2OS2.C4H9NO/c1-16(23,17(18,19)20)13-4-6-14(7-5-13)21-8-10-22(11-9-21)25-15-3-2-12-24-15;1-5-2-4(6)3-5/h2-7,12,23H,8-11H2,1H3;4,6H,2-3H2,1H3. The van der Waals surface area contributed by atoms with Crippen LogP contribution in [0, 0.1) is 0 Å². The lowest BCUT2D eigenvalue weighted by Gasteiger charge is -2.35. The molecule has 1 atom stereocenters. The molecule has 1 aromatic heterocycles. The number of rotatable bonds is 4. The van der Waals surface area contributed by atoms with Crippen LogP contribution in [0.1, 0.15) is 12.5 Å². The molecule has 0 spiro atoms. The van der Waals surface area contributed by atoms with Crippen molar-refractivity contribution >= 4 is 29.0 Å². The molecule has 0 saturated carbocycles. The van der Waals surface area contributed by atoms with Gasteiger partial charge in [0, 0.05) is 45.0 Å². The molecule has 172 valence electrons. The van der Waals surface area contributed by atoms with E-state index < -0.39 is 11.8 Å². The number of thiophene rings is 1. The number of aliphatic hydroxyl groups is 2. The fourth-order valence-corrected chi connectivity index (χ4v) is 5.15. The first kappa shape index (κ1) is 24.3. The fourth-order valence-electron chi connectivity index (χ4n) is 3.31. The van der Waals surface area contributed by atoms with E-state index in [1.54, 1.807) is 35.4 Å². The van der Waals surface area contributed by atoms with E-state index >= 15 is 0 Å². The highest BCUT2D eigenvalue weighted by atomic mass is 32.2. The zero-order chi connectivity index (χ0) is 22.6. The Kier molecular flexibility index (Phi) is 7.93. The summed E-state index contributed by atoms with van der Waals surface area (Å²) in [4.78, 5) is 4.22. The number of β-amino-alcohol motifs (C(OH)–C–C–N with tert-alkyl or cyclic N) is 1. The Morgan fingerprint density at radius 1 is 1.03 bits per heavy atom. The van der Waals surface area contributed by atoms with Gasteiger partial charge in [-0.25, -0.2) is 4.31 Å². The van der Waals surface area contributed by atoms with Crippen LogP contribution in [0.4, 0.5) is 18.9 Å². The van der Waals surface area contributed by atoms with Gasteiger partial charge in [0.25, 0.3) is 0 Å². The van der Waals surface area contributed by atoms with Gasteiger partial charge in [-0.15, -0.1) is 11.3 Å². The van der Waals surface area contributed by atoms with E-state index in [4.69, 9.17) is 5.11 Å². The molecule has 2 fully saturated rings. The molecule has 2 aromatic rings. The highest BCUT2D eigenvalue weighted by molar-refractivity contribution is 7.98. The maximum Gasteiger partial charge on any atom is 0.421 e. The third-order valence-corrected chi connectivity index (χ3v) is 7.46. The van der Waals surface area contributed by atoms with Crippen molar-refractivity contribution in [2.45, 2.75) is 29.0 Å². The Bertz CT molecular complexity index is 796. The average Bonchev–Trinajstić information content (AvgIpc) is 3.20. The van der Waals surface area contributed by atoms with E-state index in [0.717, 1.165) is 51.9 Å². The third-order valence-electron chi connectivity index (χ3n) is 5.34. The largest absolute Gasteiger partial charge is 0.421 e. The first-order chi connectivity index (χ1) is 14.6. The number of piperazine rings is 1. The van der Waals surface area contributed by atoms with Gasteiger partial charge in [-0.1, -0.05) is 18.2 Å². The highest BCUT2D eigenvalue weighted by Crippen LogP contribution is 2.39. The summed E-state index contributed by atoms with van der Waals surface area (Å²) in [5, 5.41) is 20.4. The van der Waals surface area contributed by atoms with Crippen LogP contribution >= 0.6 is 23.3 Å². The van der Waals surface area contributed by atoms with Crippen molar-refractivity contribution in [1.29, 1.82) is 0 Å². The van der Waals surface area contributed by atoms with Crippen molar-refractivity contribution in [3.8, 4) is 0 Å². The van der Waals surface area contributed by atoms with E-state index in [2.05, 4.69) is 25.6 Å². The van der Waals surface area contributed by atoms with Crippen molar-refractivity contribution in [2.75, 3.05) is 51.2 Å². The summed E-state index contributed by atoms with van der Waals surface area (Å²) in [6.45, 7) is 5.89. The van der Waals surface area contributed by atoms with Gasteiger partial charge in [0.2, 0.25) is 0 Å². The molecule has 1 unspecified atom stereocenters.